The number of sulfone groups is 1. The quantitative estimate of drug-likeness (QED) is 0.591. The molecule has 4 heterocycles. The number of hydrazine groups is 1. The summed E-state index contributed by atoms with van der Waals surface area (Å²) in [6, 6.07) is -0.220. The van der Waals surface area contributed by atoms with Crippen molar-refractivity contribution in [3.05, 3.63) is 0 Å². The predicted octanol–water partition coefficient (Wildman–Crippen LogP) is 0.402. The van der Waals surface area contributed by atoms with Gasteiger partial charge in [-0.2, -0.15) is 0 Å². The lowest BCUT2D eigenvalue weighted by Gasteiger charge is -2.54. The van der Waals surface area contributed by atoms with Crippen LogP contribution in [0, 0.1) is 11.8 Å². The first kappa shape index (κ1) is 24.7. The van der Waals surface area contributed by atoms with E-state index in [0.717, 1.165) is 38.9 Å². The van der Waals surface area contributed by atoms with Gasteiger partial charge in [0.15, 0.2) is 9.84 Å². The van der Waals surface area contributed by atoms with Crippen molar-refractivity contribution in [2.45, 2.75) is 77.4 Å². The van der Waals surface area contributed by atoms with Crippen molar-refractivity contribution >= 4 is 21.8 Å². The zero-order valence-electron chi connectivity index (χ0n) is 20.2. The molecule has 0 aromatic heterocycles. The number of ether oxygens (including phenoxy) is 1. The Morgan fingerprint density at radius 3 is 2.55 bits per heavy atom. The molecule has 4 rings (SSSR count). The lowest BCUT2D eigenvalue weighted by atomic mass is 9.81. The van der Waals surface area contributed by atoms with Gasteiger partial charge in [0.05, 0.1) is 23.7 Å². The van der Waals surface area contributed by atoms with Gasteiger partial charge in [-0.3, -0.25) is 20.4 Å². The molecule has 11 heteroatoms. The number of carbonyl (C=O) groups excluding carboxylic acids is 2. The number of nitrogens with one attached hydrogen (secondary N) is 2. The van der Waals surface area contributed by atoms with E-state index in [1.165, 1.54) is 0 Å². The number of hydrogen-bond donors (Lipinski definition) is 2. The zero-order valence-corrected chi connectivity index (χ0v) is 21.0. The van der Waals surface area contributed by atoms with Crippen molar-refractivity contribution in [3.63, 3.8) is 0 Å². The number of piperidine rings is 1. The lowest BCUT2D eigenvalue weighted by molar-refractivity contribution is -0.144. The fourth-order valence-electron chi connectivity index (χ4n) is 6.09. The van der Waals surface area contributed by atoms with Gasteiger partial charge in [-0.1, -0.05) is 0 Å². The summed E-state index contributed by atoms with van der Waals surface area (Å²) in [6.07, 6.45) is 1.64. The molecule has 0 aromatic rings. The van der Waals surface area contributed by atoms with Crippen LogP contribution in [-0.4, -0.2) is 103 Å². The van der Waals surface area contributed by atoms with E-state index in [-0.39, 0.29) is 48.1 Å². The van der Waals surface area contributed by atoms with Gasteiger partial charge in [-0.05, 0) is 51.9 Å². The van der Waals surface area contributed by atoms with Crippen LogP contribution in [0.2, 0.25) is 0 Å². The SMILES string of the molecule is CC(=O)N1C2NCC(C3CNN(C4CCCS(=O)(=O)C4)C3)CC2N(C(=O)OC(C)C)C[C@@H]1C. The summed E-state index contributed by atoms with van der Waals surface area (Å²) in [6.45, 7) is 10.0. The van der Waals surface area contributed by atoms with Crippen molar-refractivity contribution in [1.29, 1.82) is 0 Å². The maximum atomic E-state index is 12.9. The largest absolute Gasteiger partial charge is 0.447 e. The second-order valence-corrected chi connectivity index (χ2v) is 12.7. The highest BCUT2D eigenvalue weighted by Gasteiger charge is 2.49. The molecule has 2 N–H and O–H groups in total. The fourth-order valence-corrected chi connectivity index (χ4v) is 7.80. The van der Waals surface area contributed by atoms with Crippen LogP contribution in [0.15, 0.2) is 0 Å². The molecular formula is C22H39N5O5S. The fraction of sp³-hybridized carbons (Fsp3) is 0.909. The summed E-state index contributed by atoms with van der Waals surface area (Å²) in [4.78, 5) is 29.0. The highest BCUT2D eigenvalue weighted by molar-refractivity contribution is 7.91. The topological polar surface area (TPSA) is 111 Å². The summed E-state index contributed by atoms with van der Waals surface area (Å²) in [7, 11) is -2.96. The molecule has 33 heavy (non-hydrogen) atoms. The summed E-state index contributed by atoms with van der Waals surface area (Å²) >= 11 is 0. The van der Waals surface area contributed by atoms with Crippen molar-refractivity contribution in [2.24, 2.45) is 11.8 Å². The van der Waals surface area contributed by atoms with E-state index < -0.39 is 9.84 Å². The molecule has 6 atom stereocenters. The van der Waals surface area contributed by atoms with Gasteiger partial charge in [-0.25, -0.2) is 18.2 Å². The van der Waals surface area contributed by atoms with Crippen LogP contribution in [0.5, 0.6) is 0 Å². The number of piperazine rings is 1. The first-order chi connectivity index (χ1) is 15.6. The summed E-state index contributed by atoms with van der Waals surface area (Å²) in [5.74, 6) is 1.17. The monoisotopic (exact) mass is 485 g/mol. The molecule has 2 amide bonds. The molecule has 0 spiro atoms. The van der Waals surface area contributed by atoms with E-state index in [1.807, 2.05) is 30.6 Å². The van der Waals surface area contributed by atoms with Gasteiger partial charge < -0.3 is 9.64 Å². The number of carbonyl (C=O) groups is 2. The van der Waals surface area contributed by atoms with Crippen LogP contribution in [0.3, 0.4) is 0 Å². The number of fused-ring (bicyclic) bond motifs is 1. The Morgan fingerprint density at radius 1 is 1.12 bits per heavy atom. The highest BCUT2D eigenvalue weighted by atomic mass is 32.2. The third kappa shape index (κ3) is 5.31. The Hall–Kier alpha value is -1.43. The second kappa shape index (κ2) is 9.67. The molecule has 0 bridgehead atoms. The Kier molecular flexibility index (Phi) is 7.24. The average Bonchev–Trinajstić information content (AvgIpc) is 3.21. The summed E-state index contributed by atoms with van der Waals surface area (Å²) < 4.78 is 29.7. The Bertz CT molecular complexity index is 852. The maximum Gasteiger partial charge on any atom is 0.410 e. The lowest BCUT2D eigenvalue weighted by Crippen LogP contribution is -2.72. The van der Waals surface area contributed by atoms with Gasteiger partial charge in [0.25, 0.3) is 0 Å². The minimum absolute atomic E-state index is 0.00698. The van der Waals surface area contributed by atoms with E-state index in [2.05, 4.69) is 15.8 Å². The standard InChI is InChI=1S/C22H39N5O5S/c1-14(2)32-22(29)25-11-15(3)27(16(4)28)21-20(25)8-17(9-23-21)18-10-24-26(12-18)19-6-5-7-33(30,31)13-19/h14-15,17-21,23-24H,5-13H2,1-4H3/t15-,17?,18?,19?,20?,21?/m0/s1. The van der Waals surface area contributed by atoms with Crippen molar-refractivity contribution in [3.8, 4) is 0 Å². The Balaban J connectivity index is 1.46. The van der Waals surface area contributed by atoms with Gasteiger partial charge in [-0.15, -0.1) is 0 Å². The van der Waals surface area contributed by atoms with Crippen LogP contribution in [-0.2, 0) is 19.4 Å². The van der Waals surface area contributed by atoms with Crippen LogP contribution in [0.4, 0.5) is 4.79 Å². The molecule has 0 aromatic carbocycles. The molecule has 4 aliphatic rings. The van der Waals surface area contributed by atoms with E-state index >= 15 is 0 Å². The Morgan fingerprint density at radius 2 is 1.88 bits per heavy atom. The number of nitrogens with zero attached hydrogens (tertiary/aromatic N) is 3. The van der Waals surface area contributed by atoms with Crippen LogP contribution >= 0.6 is 0 Å². The maximum absolute atomic E-state index is 12.9. The predicted molar refractivity (Wildman–Crippen MR) is 124 cm³/mol. The van der Waals surface area contributed by atoms with Gasteiger partial charge >= 0.3 is 6.09 Å². The third-order valence-electron chi connectivity index (χ3n) is 7.60. The zero-order chi connectivity index (χ0) is 23.9. The highest BCUT2D eigenvalue weighted by Crippen LogP contribution is 2.34. The molecule has 4 aliphatic heterocycles. The number of hydrogen-bond acceptors (Lipinski definition) is 8. The minimum Gasteiger partial charge on any atom is -0.447 e. The molecule has 0 radical (unpaired) electrons. The molecule has 188 valence electrons. The number of amides is 2. The van der Waals surface area contributed by atoms with Crippen molar-refractivity contribution < 1.29 is 22.7 Å². The molecule has 5 unspecified atom stereocenters. The van der Waals surface area contributed by atoms with E-state index in [0.29, 0.717) is 24.1 Å². The molecule has 10 nitrogen and oxygen atoms in total. The van der Waals surface area contributed by atoms with E-state index in [4.69, 9.17) is 4.74 Å². The minimum atomic E-state index is -2.96. The van der Waals surface area contributed by atoms with E-state index in [1.54, 1.807) is 6.92 Å². The molecule has 0 aliphatic carbocycles. The van der Waals surface area contributed by atoms with Crippen LogP contribution < -0.4 is 10.7 Å². The smallest absolute Gasteiger partial charge is 0.410 e. The first-order valence-electron chi connectivity index (χ1n) is 12.3. The molecular weight excluding hydrogens is 446 g/mol. The van der Waals surface area contributed by atoms with Crippen molar-refractivity contribution in [2.75, 3.05) is 37.7 Å². The van der Waals surface area contributed by atoms with E-state index in [9.17, 15) is 18.0 Å². The molecule has 0 saturated carbocycles. The molecule has 4 fully saturated rings. The Labute approximate surface area is 197 Å². The summed E-state index contributed by atoms with van der Waals surface area (Å²) in [5, 5.41) is 5.70. The molecule has 4 saturated heterocycles. The summed E-state index contributed by atoms with van der Waals surface area (Å²) in [5.41, 5.74) is 3.45. The third-order valence-corrected chi connectivity index (χ3v) is 9.41. The average molecular weight is 486 g/mol. The normalized spacial score (nSPS) is 37.1. The van der Waals surface area contributed by atoms with Gasteiger partial charge in [0, 0.05) is 45.2 Å². The van der Waals surface area contributed by atoms with Crippen molar-refractivity contribution in [1.82, 2.24) is 25.6 Å². The van der Waals surface area contributed by atoms with Gasteiger partial charge in [0.1, 0.15) is 6.17 Å². The van der Waals surface area contributed by atoms with Crippen LogP contribution in [0.25, 0.3) is 0 Å². The number of rotatable bonds is 3. The van der Waals surface area contributed by atoms with Crippen LogP contribution in [0.1, 0.15) is 47.0 Å². The first-order valence-corrected chi connectivity index (χ1v) is 14.1. The van der Waals surface area contributed by atoms with Gasteiger partial charge in [0.2, 0.25) is 5.91 Å². The second-order valence-electron chi connectivity index (χ2n) is 10.5.